The van der Waals surface area contributed by atoms with E-state index >= 15 is 0 Å². The van der Waals surface area contributed by atoms with Crippen LogP contribution in [0.2, 0.25) is 0 Å². The van der Waals surface area contributed by atoms with Crippen molar-refractivity contribution in [1.29, 1.82) is 5.26 Å². The van der Waals surface area contributed by atoms with E-state index in [0.717, 1.165) is 16.8 Å². The van der Waals surface area contributed by atoms with E-state index in [1.54, 1.807) is 0 Å². The van der Waals surface area contributed by atoms with Gasteiger partial charge in [0.2, 0.25) is 0 Å². The number of aromatic nitrogens is 1. The zero-order valence-corrected chi connectivity index (χ0v) is 10.1. The van der Waals surface area contributed by atoms with E-state index in [-0.39, 0.29) is 0 Å². The number of aryl methyl sites for hydroxylation is 1. The zero-order chi connectivity index (χ0) is 12.5. The molecule has 0 amide bonds. The van der Waals surface area contributed by atoms with Crippen molar-refractivity contribution in [3.05, 3.63) is 59.7 Å². The van der Waals surface area contributed by atoms with E-state index in [0.29, 0.717) is 5.56 Å². The molecule has 0 spiro atoms. The third-order valence-electron chi connectivity index (χ3n) is 3.11. The van der Waals surface area contributed by atoms with Gasteiger partial charge in [0.05, 0.1) is 11.6 Å². The highest BCUT2D eigenvalue weighted by molar-refractivity contribution is 5.87. The number of rotatable bonds is 1. The van der Waals surface area contributed by atoms with Crippen LogP contribution in [0.5, 0.6) is 0 Å². The minimum absolute atomic E-state index is 0.695. The number of nitriles is 1. The van der Waals surface area contributed by atoms with Crippen molar-refractivity contribution in [2.45, 2.75) is 6.92 Å². The molecule has 0 atom stereocenters. The molecule has 1 heterocycles. The molecule has 0 aliphatic heterocycles. The lowest BCUT2D eigenvalue weighted by Crippen LogP contribution is -1.82. The molecule has 0 fully saturated rings. The second kappa shape index (κ2) is 4.05. The first-order chi connectivity index (χ1) is 8.78. The molecule has 0 unspecified atom stereocenters. The van der Waals surface area contributed by atoms with Gasteiger partial charge >= 0.3 is 0 Å². The Labute approximate surface area is 106 Å². The van der Waals surface area contributed by atoms with Gasteiger partial charge in [0.1, 0.15) is 0 Å². The fourth-order valence-corrected chi connectivity index (χ4v) is 2.21. The van der Waals surface area contributed by atoms with Crippen molar-refractivity contribution in [3.8, 4) is 17.3 Å². The van der Waals surface area contributed by atoms with Gasteiger partial charge in [0.25, 0.3) is 0 Å². The molecule has 1 aromatic heterocycles. The maximum absolute atomic E-state index is 9.13. The molecular weight excluding hydrogens is 220 g/mol. The molecule has 3 aromatic rings. The van der Waals surface area contributed by atoms with Crippen LogP contribution in [0.3, 0.4) is 0 Å². The Morgan fingerprint density at radius 3 is 2.72 bits per heavy atom. The van der Waals surface area contributed by atoms with Crippen molar-refractivity contribution in [2.75, 3.05) is 0 Å². The second-order valence-corrected chi connectivity index (χ2v) is 4.43. The van der Waals surface area contributed by atoms with E-state index in [1.807, 2.05) is 24.3 Å². The first-order valence-electron chi connectivity index (χ1n) is 5.87. The van der Waals surface area contributed by atoms with Crippen molar-refractivity contribution in [3.63, 3.8) is 0 Å². The molecule has 0 saturated carbocycles. The van der Waals surface area contributed by atoms with Crippen LogP contribution in [0.1, 0.15) is 11.1 Å². The third-order valence-corrected chi connectivity index (χ3v) is 3.11. The summed E-state index contributed by atoms with van der Waals surface area (Å²) < 4.78 is 0. The van der Waals surface area contributed by atoms with E-state index in [2.05, 4.69) is 42.2 Å². The molecule has 0 aliphatic carbocycles. The van der Waals surface area contributed by atoms with E-state index in [1.165, 1.54) is 10.9 Å². The maximum atomic E-state index is 9.13. The fraction of sp³-hybridized carbons (Fsp3) is 0.0625. The van der Waals surface area contributed by atoms with Crippen molar-refractivity contribution in [1.82, 2.24) is 4.98 Å². The minimum atomic E-state index is 0.695. The zero-order valence-electron chi connectivity index (χ0n) is 10.1. The summed E-state index contributed by atoms with van der Waals surface area (Å²) in [6.45, 7) is 2.08. The number of hydrogen-bond acceptors (Lipinski definition) is 1. The number of hydrogen-bond donors (Lipinski definition) is 1. The number of fused-ring (bicyclic) bond motifs is 1. The van der Waals surface area contributed by atoms with E-state index in [9.17, 15) is 0 Å². The number of H-pyrrole nitrogens is 1. The first-order valence-corrected chi connectivity index (χ1v) is 5.87. The van der Waals surface area contributed by atoms with Crippen molar-refractivity contribution in [2.24, 2.45) is 0 Å². The van der Waals surface area contributed by atoms with Crippen LogP contribution < -0.4 is 0 Å². The molecule has 18 heavy (non-hydrogen) atoms. The van der Waals surface area contributed by atoms with Crippen molar-refractivity contribution >= 4 is 10.9 Å². The smallest absolute Gasteiger partial charge is 0.0998 e. The monoisotopic (exact) mass is 232 g/mol. The summed E-state index contributed by atoms with van der Waals surface area (Å²) in [5, 5.41) is 10.3. The lowest BCUT2D eigenvalue weighted by atomic mass is 10.1. The summed E-state index contributed by atoms with van der Waals surface area (Å²) in [7, 11) is 0. The average Bonchev–Trinajstić information content (AvgIpc) is 2.81. The van der Waals surface area contributed by atoms with Gasteiger partial charge in [-0.25, -0.2) is 0 Å². The van der Waals surface area contributed by atoms with Crippen LogP contribution >= 0.6 is 0 Å². The van der Waals surface area contributed by atoms with E-state index < -0.39 is 0 Å². The van der Waals surface area contributed by atoms with Crippen LogP contribution in [-0.4, -0.2) is 4.98 Å². The lowest BCUT2D eigenvalue weighted by Gasteiger charge is -1.99. The summed E-state index contributed by atoms with van der Waals surface area (Å²) in [5.41, 5.74) is 4.98. The second-order valence-electron chi connectivity index (χ2n) is 4.43. The van der Waals surface area contributed by atoms with Crippen LogP contribution in [0.4, 0.5) is 0 Å². The Morgan fingerprint density at radius 2 is 1.89 bits per heavy atom. The molecule has 0 saturated heterocycles. The maximum Gasteiger partial charge on any atom is 0.0998 e. The number of nitrogens with one attached hydrogen (secondary N) is 1. The molecule has 0 radical (unpaired) electrons. The molecule has 86 valence electrons. The van der Waals surface area contributed by atoms with Gasteiger partial charge in [-0.15, -0.1) is 0 Å². The molecule has 3 rings (SSSR count). The third kappa shape index (κ3) is 1.66. The predicted octanol–water partition coefficient (Wildman–Crippen LogP) is 4.02. The van der Waals surface area contributed by atoms with Crippen molar-refractivity contribution < 1.29 is 0 Å². The molecule has 2 heteroatoms. The largest absolute Gasteiger partial charge is 0.354 e. The molecule has 2 nitrogen and oxygen atoms in total. The first kappa shape index (κ1) is 10.6. The molecular formula is C16H12N2. The molecule has 2 aromatic carbocycles. The number of aromatic amines is 1. The van der Waals surface area contributed by atoms with Gasteiger partial charge in [0.15, 0.2) is 0 Å². The number of nitrogens with zero attached hydrogens (tertiary/aromatic N) is 1. The lowest BCUT2D eigenvalue weighted by molar-refractivity contribution is 1.42. The topological polar surface area (TPSA) is 39.6 Å². The fourth-order valence-electron chi connectivity index (χ4n) is 2.21. The van der Waals surface area contributed by atoms with E-state index in [4.69, 9.17) is 5.26 Å². The SMILES string of the molecule is Cc1ccc2[nH]c(-c3ccccc3C#N)cc2c1. The summed E-state index contributed by atoms with van der Waals surface area (Å²) in [5.74, 6) is 0. The van der Waals surface area contributed by atoms with Crippen LogP contribution in [0, 0.1) is 18.3 Å². The Kier molecular flexibility index (Phi) is 2.39. The van der Waals surface area contributed by atoms with Gasteiger partial charge in [-0.3, -0.25) is 0 Å². The quantitative estimate of drug-likeness (QED) is 0.676. The Bertz CT molecular complexity index is 760. The Hall–Kier alpha value is -2.53. The molecule has 0 aliphatic rings. The van der Waals surface area contributed by atoms with Gasteiger partial charge in [-0.2, -0.15) is 5.26 Å². The molecule has 0 bridgehead atoms. The Morgan fingerprint density at radius 1 is 1.06 bits per heavy atom. The normalized spacial score (nSPS) is 10.4. The number of benzene rings is 2. The standard InChI is InChI=1S/C16H12N2/c1-11-6-7-15-13(8-11)9-16(18-15)14-5-3-2-4-12(14)10-17/h2-9,18H,1H3. The highest BCUT2D eigenvalue weighted by Crippen LogP contribution is 2.27. The van der Waals surface area contributed by atoms with Gasteiger partial charge < -0.3 is 4.98 Å². The van der Waals surface area contributed by atoms with Gasteiger partial charge in [0, 0.05) is 22.2 Å². The highest BCUT2D eigenvalue weighted by Gasteiger charge is 2.07. The summed E-state index contributed by atoms with van der Waals surface area (Å²) >= 11 is 0. The van der Waals surface area contributed by atoms with Crippen LogP contribution in [-0.2, 0) is 0 Å². The minimum Gasteiger partial charge on any atom is -0.354 e. The average molecular weight is 232 g/mol. The van der Waals surface area contributed by atoms with Crippen LogP contribution in [0.25, 0.3) is 22.2 Å². The predicted molar refractivity (Wildman–Crippen MR) is 73.2 cm³/mol. The van der Waals surface area contributed by atoms with Gasteiger partial charge in [-0.1, -0.05) is 29.8 Å². The summed E-state index contributed by atoms with van der Waals surface area (Å²) in [6, 6.07) is 18.3. The Balaban J connectivity index is 2.23. The highest BCUT2D eigenvalue weighted by atomic mass is 14.7. The summed E-state index contributed by atoms with van der Waals surface area (Å²) in [6.07, 6.45) is 0. The van der Waals surface area contributed by atoms with Crippen LogP contribution in [0.15, 0.2) is 48.5 Å². The van der Waals surface area contributed by atoms with Gasteiger partial charge in [-0.05, 0) is 31.2 Å². The summed E-state index contributed by atoms with van der Waals surface area (Å²) in [4.78, 5) is 3.36. The molecule has 1 N–H and O–H groups in total.